The van der Waals surface area contributed by atoms with Crippen LogP contribution in [-0.4, -0.2) is 37.1 Å². The van der Waals surface area contributed by atoms with E-state index in [-0.39, 0.29) is 5.91 Å². The number of hydrogen-bond acceptors (Lipinski definition) is 4. The van der Waals surface area contributed by atoms with Gasteiger partial charge in [-0.1, -0.05) is 30.3 Å². The maximum absolute atomic E-state index is 12.8. The molecule has 2 rings (SSSR count). The molecule has 0 radical (unpaired) electrons. The van der Waals surface area contributed by atoms with E-state index in [0.717, 1.165) is 28.1 Å². The Bertz CT molecular complexity index is 701. The average Bonchev–Trinajstić information content (AvgIpc) is 2.59. The highest BCUT2D eigenvalue weighted by Crippen LogP contribution is 2.25. The van der Waals surface area contributed by atoms with E-state index in [9.17, 15) is 4.79 Å². The van der Waals surface area contributed by atoms with Crippen LogP contribution in [0.5, 0.6) is 5.75 Å². The Morgan fingerprint density at radius 3 is 2.46 bits per heavy atom. The predicted octanol–water partition coefficient (Wildman–Crippen LogP) is 3.05. The second-order valence-corrected chi connectivity index (χ2v) is 5.77. The zero-order chi connectivity index (χ0) is 17.7. The summed E-state index contributed by atoms with van der Waals surface area (Å²) in [6.07, 6.45) is 1.15. The van der Waals surface area contributed by atoms with Gasteiger partial charge < -0.3 is 14.4 Å². The highest BCUT2D eigenvalue weighted by atomic mass is 16.5. The molecule has 0 aliphatic carbocycles. The fraction of sp³-hybridized carbons (Fsp3) is 0.368. The van der Waals surface area contributed by atoms with Crippen molar-refractivity contribution in [1.82, 2.24) is 9.88 Å². The summed E-state index contributed by atoms with van der Waals surface area (Å²) in [7, 11) is 4.94. The summed E-state index contributed by atoms with van der Waals surface area (Å²) in [6.45, 7) is 4.30. The van der Waals surface area contributed by atoms with Gasteiger partial charge in [0.25, 0.3) is 5.91 Å². The maximum atomic E-state index is 12.8. The summed E-state index contributed by atoms with van der Waals surface area (Å²) >= 11 is 0. The van der Waals surface area contributed by atoms with Crippen molar-refractivity contribution in [2.75, 3.05) is 21.3 Å². The largest absolute Gasteiger partial charge is 0.496 e. The van der Waals surface area contributed by atoms with E-state index < -0.39 is 6.10 Å². The molecule has 0 saturated carbocycles. The monoisotopic (exact) mass is 328 g/mol. The minimum absolute atomic E-state index is 0.107. The van der Waals surface area contributed by atoms with Gasteiger partial charge in [-0.05, 0) is 19.4 Å². The Morgan fingerprint density at radius 2 is 1.88 bits per heavy atom. The quantitative estimate of drug-likeness (QED) is 0.818. The summed E-state index contributed by atoms with van der Waals surface area (Å²) in [5, 5.41) is 0. The number of hydrogen-bond donors (Lipinski definition) is 0. The zero-order valence-electron chi connectivity index (χ0n) is 14.9. The Morgan fingerprint density at radius 1 is 1.21 bits per heavy atom. The van der Waals surface area contributed by atoms with Crippen molar-refractivity contribution >= 4 is 5.91 Å². The second-order valence-electron chi connectivity index (χ2n) is 5.77. The van der Waals surface area contributed by atoms with Crippen LogP contribution in [-0.2, 0) is 16.1 Å². The van der Waals surface area contributed by atoms with Gasteiger partial charge in [-0.25, -0.2) is 0 Å². The molecule has 5 heteroatoms. The minimum Gasteiger partial charge on any atom is -0.496 e. The van der Waals surface area contributed by atoms with Gasteiger partial charge in [-0.2, -0.15) is 0 Å². The van der Waals surface area contributed by atoms with Crippen LogP contribution < -0.4 is 4.74 Å². The van der Waals surface area contributed by atoms with Gasteiger partial charge in [0, 0.05) is 31.5 Å². The highest BCUT2D eigenvalue weighted by molar-refractivity contribution is 5.82. The number of amides is 1. The van der Waals surface area contributed by atoms with Crippen LogP contribution in [0.3, 0.4) is 0 Å². The third-order valence-corrected chi connectivity index (χ3v) is 4.08. The summed E-state index contributed by atoms with van der Waals surface area (Å²) < 4.78 is 10.8. The topological polar surface area (TPSA) is 51.7 Å². The van der Waals surface area contributed by atoms with Crippen LogP contribution in [0.2, 0.25) is 0 Å². The fourth-order valence-corrected chi connectivity index (χ4v) is 2.74. The van der Waals surface area contributed by atoms with Gasteiger partial charge in [0.1, 0.15) is 5.75 Å². The molecule has 1 amide bonds. The van der Waals surface area contributed by atoms with Gasteiger partial charge in [0.15, 0.2) is 6.10 Å². The number of aromatic nitrogens is 1. The standard InChI is InChI=1S/C19H24N2O3/c1-13-11-20-16(14(2)17(13)23-4)12-21(3)19(22)18(24-5)15-9-7-6-8-10-15/h6-11,18H,12H2,1-5H3. The molecule has 24 heavy (non-hydrogen) atoms. The van der Waals surface area contributed by atoms with Gasteiger partial charge in [-0.3, -0.25) is 9.78 Å². The van der Waals surface area contributed by atoms with Crippen molar-refractivity contribution in [2.45, 2.75) is 26.5 Å². The fourth-order valence-electron chi connectivity index (χ4n) is 2.74. The number of rotatable bonds is 6. The molecule has 0 saturated heterocycles. The number of ether oxygens (including phenoxy) is 2. The van der Waals surface area contributed by atoms with Gasteiger partial charge in [-0.15, -0.1) is 0 Å². The summed E-state index contributed by atoms with van der Waals surface area (Å²) in [6, 6.07) is 9.48. The molecule has 1 unspecified atom stereocenters. The first-order valence-electron chi connectivity index (χ1n) is 7.81. The molecular formula is C19H24N2O3. The molecule has 0 N–H and O–H groups in total. The highest BCUT2D eigenvalue weighted by Gasteiger charge is 2.24. The van der Waals surface area contributed by atoms with Crippen LogP contribution in [0.4, 0.5) is 0 Å². The third kappa shape index (κ3) is 3.74. The van der Waals surface area contributed by atoms with Crippen LogP contribution in [0.25, 0.3) is 0 Å². The van der Waals surface area contributed by atoms with E-state index in [4.69, 9.17) is 9.47 Å². The first kappa shape index (κ1) is 17.9. The molecule has 0 spiro atoms. The lowest BCUT2D eigenvalue weighted by Crippen LogP contribution is -2.32. The lowest BCUT2D eigenvalue weighted by molar-refractivity contribution is -0.141. The molecule has 0 bridgehead atoms. The van der Waals surface area contributed by atoms with Crippen molar-refractivity contribution in [3.05, 3.63) is 58.9 Å². The first-order valence-corrected chi connectivity index (χ1v) is 7.81. The number of aryl methyl sites for hydroxylation is 1. The van der Waals surface area contributed by atoms with E-state index in [1.807, 2.05) is 44.2 Å². The number of carbonyl (C=O) groups excluding carboxylic acids is 1. The second kappa shape index (κ2) is 7.93. The molecule has 0 aliphatic rings. The third-order valence-electron chi connectivity index (χ3n) is 4.08. The number of pyridine rings is 1. The van der Waals surface area contributed by atoms with Crippen molar-refractivity contribution in [3.8, 4) is 5.75 Å². The Kier molecular flexibility index (Phi) is 5.93. The number of likely N-dealkylation sites (N-methyl/N-ethyl adjacent to an activating group) is 1. The van der Waals surface area contributed by atoms with Crippen molar-refractivity contribution in [1.29, 1.82) is 0 Å². The van der Waals surface area contributed by atoms with Crippen molar-refractivity contribution in [3.63, 3.8) is 0 Å². The number of methoxy groups -OCH3 is 2. The summed E-state index contributed by atoms with van der Waals surface area (Å²) in [5.74, 6) is 0.705. The first-order chi connectivity index (χ1) is 11.5. The predicted molar refractivity (Wildman–Crippen MR) is 92.9 cm³/mol. The summed E-state index contributed by atoms with van der Waals surface area (Å²) in [5.41, 5.74) is 3.58. The van der Waals surface area contributed by atoms with Gasteiger partial charge in [0.2, 0.25) is 0 Å². The number of carbonyl (C=O) groups is 1. The van der Waals surface area contributed by atoms with E-state index in [2.05, 4.69) is 4.98 Å². The number of benzene rings is 1. The zero-order valence-corrected chi connectivity index (χ0v) is 14.9. The molecule has 1 aromatic heterocycles. The number of nitrogens with zero attached hydrogens (tertiary/aromatic N) is 2. The Balaban J connectivity index is 2.20. The molecule has 1 heterocycles. The van der Waals surface area contributed by atoms with Crippen LogP contribution in [0.15, 0.2) is 36.5 Å². The smallest absolute Gasteiger partial charge is 0.256 e. The van der Waals surface area contributed by atoms with Crippen molar-refractivity contribution < 1.29 is 14.3 Å². The Hall–Kier alpha value is -2.40. The van der Waals surface area contributed by atoms with Crippen LogP contribution in [0, 0.1) is 13.8 Å². The molecule has 2 aromatic rings. The molecule has 128 valence electrons. The Labute approximate surface area is 143 Å². The van der Waals surface area contributed by atoms with Gasteiger partial charge >= 0.3 is 0 Å². The molecule has 5 nitrogen and oxygen atoms in total. The summed E-state index contributed by atoms with van der Waals surface area (Å²) in [4.78, 5) is 18.8. The average molecular weight is 328 g/mol. The van der Waals surface area contributed by atoms with Crippen LogP contribution >= 0.6 is 0 Å². The normalized spacial score (nSPS) is 11.9. The SMILES string of the molecule is COc1c(C)cnc(CN(C)C(=O)C(OC)c2ccccc2)c1C. The molecule has 1 aromatic carbocycles. The molecule has 1 atom stereocenters. The van der Waals surface area contributed by atoms with E-state index >= 15 is 0 Å². The maximum Gasteiger partial charge on any atom is 0.256 e. The van der Waals surface area contributed by atoms with Crippen LogP contribution in [0.1, 0.15) is 28.5 Å². The minimum atomic E-state index is -0.621. The lowest BCUT2D eigenvalue weighted by Gasteiger charge is -2.24. The van der Waals surface area contributed by atoms with E-state index in [1.165, 1.54) is 0 Å². The van der Waals surface area contributed by atoms with Crippen molar-refractivity contribution in [2.24, 2.45) is 0 Å². The van der Waals surface area contributed by atoms with E-state index in [0.29, 0.717) is 6.54 Å². The molecule has 0 fully saturated rings. The van der Waals surface area contributed by atoms with E-state index in [1.54, 1.807) is 32.4 Å². The lowest BCUT2D eigenvalue weighted by atomic mass is 10.1. The molecular weight excluding hydrogens is 304 g/mol. The van der Waals surface area contributed by atoms with Gasteiger partial charge in [0.05, 0.1) is 19.3 Å². The molecule has 0 aliphatic heterocycles.